The number of rotatable bonds is 8. The molecule has 1 heteroatoms. The van der Waals surface area contributed by atoms with Gasteiger partial charge in [0.25, 0.3) is 0 Å². The second-order valence-corrected chi connectivity index (χ2v) is 15.8. The molecule has 276 valence electrons. The summed E-state index contributed by atoms with van der Waals surface area (Å²) in [7, 11) is 0. The lowest BCUT2D eigenvalue weighted by molar-refractivity contribution is 0.490. The Morgan fingerprint density at radius 2 is 0.862 bits per heavy atom. The highest BCUT2D eigenvalue weighted by Gasteiger charge is 2.41. The Kier molecular flexibility index (Phi) is 8.05. The molecule has 0 heterocycles. The molecule has 11 rings (SSSR count). The molecule has 0 N–H and O–H groups in total. The third kappa shape index (κ3) is 5.10. The normalized spacial score (nSPS) is 12.9. The highest BCUT2D eigenvalue weighted by molar-refractivity contribution is 6.22. The van der Waals surface area contributed by atoms with E-state index in [1.54, 1.807) is 0 Å². The van der Waals surface area contributed by atoms with Gasteiger partial charge in [0.05, 0.1) is 0 Å². The van der Waals surface area contributed by atoms with Crippen LogP contribution in [0.4, 0.5) is 17.1 Å². The topological polar surface area (TPSA) is 3.24 Å². The average Bonchev–Trinajstić information content (AvgIpc) is 3.78. The fraction of sp³-hybridized carbons (Fsp3) is 0.0877. The summed E-state index contributed by atoms with van der Waals surface area (Å²) in [5.74, 6) is 0. The lowest BCUT2D eigenvalue weighted by Gasteiger charge is -2.32. The number of anilines is 3. The maximum atomic E-state index is 2.56. The lowest BCUT2D eigenvalue weighted by Crippen LogP contribution is -2.23. The highest BCUT2D eigenvalue weighted by atomic mass is 15.1. The smallest absolute Gasteiger partial charge is 0.0465 e. The van der Waals surface area contributed by atoms with E-state index in [0.717, 1.165) is 24.2 Å². The summed E-state index contributed by atoms with van der Waals surface area (Å²) >= 11 is 0. The first kappa shape index (κ1) is 34.3. The zero-order chi connectivity index (χ0) is 38.8. The summed E-state index contributed by atoms with van der Waals surface area (Å²) in [5, 5.41) is 2.64. The van der Waals surface area contributed by atoms with E-state index in [1.807, 2.05) is 0 Å². The first-order valence-corrected chi connectivity index (χ1v) is 20.7. The summed E-state index contributed by atoms with van der Waals surface area (Å²) in [6, 6.07) is 74.3. The van der Waals surface area contributed by atoms with Gasteiger partial charge in [0.2, 0.25) is 0 Å². The molecule has 0 fully saturated rings. The van der Waals surface area contributed by atoms with E-state index in [-0.39, 0.29) is 5.41 Å². The Balaban J connectivity index is 1.15. The standard InChI is InChI=1S/C57H43N/c1-3-57(4-2)51-35-41(31-33-45(51)46-34-32-44(36-52(46)57)58(42-25-13-7-14-26-42)43-27-15-8-16-28-43)50-37-49(38-19-9-5-10-20-38)55-47-29-17-23-39-24-18-30-48(53(39)47)56(55)54(50)40-21-11-6-12-22-40/h5-37H,3-4H2,1-2H3. The minimum Gasteiger partial charge on any atom is -0.310 e. The van der Waals surface area contributed by atoms with Gasteiger partial charge in [0.15, 0.2) is 0 Å². The van der Waals surface area contributed by atoms with Crippen LogP contribution in [0.5, 0.6) is 0 Å². The van der Waals surface area contributed by atoms with Crippen molar-refractivity contribution in [3.63, 3.8) is 0 Å². The van der Waals surface area contributed by atoms with Gasteiger partial charge < -0.3 is 4.90 Å². The maximum Gasteiger partial charge on any atom is 0.0465 e. The molecule has 2 aliphatic carbocycles. The zero-order valence-electron chi connectivity index (χ0n) is 32.9. The summed E-state index contributed by atoms with van der Waals surface area (Å²) < 4.78 is 0. The molecule has 0 amide bonds. The third-order valence-electron chi connectivity index (χ3n) is 13.1. The summed E-state index contributed by atoms with van der Waals surface area (Å²) in [5.41, 5.74) is 21.8. The van der Waals surface area contributed by atoms with Crippen LogP contribution in [-0.2, 0) is 5.41 Å². The Bertz CT molecular complexity index is 2950. The second-order valence-electron chi connectivity index (χ2n) is 15.8. The predicted molar refractivity (Wildman–Crippen MR) is 246 cm³/mol. The van der Waals surface area contributed by atoms with Crippen molar-refractivity contribution in [2.45, 2.75) is 32.1 Å². The van der Waals surface area contributed by atoms with Crippen LogP contribution in [0.2, 0.25) is 0 Å². The molecule has 0 saturated heterocycles. The van der Waals surface area contributed by atoms with Gasteiger partial charge in [-0.1, -0.05) is 166 Å². The van der Waals surface area contributed by atoms with Crippen LogP contribution in [-0.4, -0.2) is 0 Å². The van der Waals surface area contributed by atoms with E-state index in [1.165, 1.54) is 94.3 Å². The van der Waals surface area contributed by atoms with Crippen LogP contribution in [0.15, 0.2) is 200 Å². The van der Waals surface area contributed by atoms with Crippen LogP contribution in [0.25, 0.3) is 77.5 Å². The molecule has 58 heavy (non-hydrogen) atoms. The van der Waals surface area contributed by atoms with E-state index in [0.29, 0.717) is 0 Å². The van der Waals surface area contributed by atoms with Gasteiger partial charge in [-0.2, -0.15) is 0 Å². The lowest BCUT2D eigenvalue weighted by atomic mass is 9.73. The maximum absolute atomic E-state index is 2.56. The van der Waals surface area contributed by atoms with Crippen molar-refractivity contribution in [1.82, 2.24) is 0 Å². The zero-order valence-corrected chi connectivity index (χ0v) is 32.9. The van der Waals surface area contributed by atoms with Crippen LogP contribution >= 0.6 is 0 Å². The fourth-order valence-corrected chi connectivity index (χ4v) is 10.4. The molecule has 0 bridgehead atoms. The molecule has 9 aromatic carbocycles. The molecule has 0 aliphatic heterocycles. The number of fused-ring (bicyclic) bond motifs is 6. The highest BCUT2D eigenvalue weighted by Crippen LogP contribution is 2.59. The van der Waals surface area contributed by atoms with Gasteiger partial charge in [-0.3, -0.25) is 0 Å². The van der Waals surface area contributed by atoms with E-state index in [4.69, 9.17) is 0 Å². The fourth-order valence-electron chi connectivity index (χ4n) is 10.4. The predicted octanol–water partition coefficient (Wildman–Crippen LogP) is 16.0. The minimum absolute atomic E-state index is 0.135. The summed E-state index contributed by atoms with van der Waals surface area (Å²) in [6.45, 7) is 4.76. The van der Waals surface area contributed by atoms with Crippen molar-refractivity contribution in [3.8, 4) is 66.8 Å². The van der Waals surface area contributed by atoms with Crippen molar-refractivity contribution in [3.05, 3.63) is 211 Å². The quantitative estimate of drug-likeness (QED) is 0.150. The van der Waals surface area contributed by atoms with Gasteiger partial charge in [-0.05, 0) is 150 Å². The van der Waals surface area contributed by atoms with Crippen LogP contribution in [0, 0.1) is 0 Å². The van der Waals surface area contributed by atoms with Crippen LogP contribution in [0.1, 0.15) is 37.8 Å². The Labute approximate surface area is 341 Å². The van der Waals surface area contributed by atoms with Gasteiger partial charge in [-0.25, -0.2) is 0 Å². The van der Waals surface area contributed by atoms with Gasteiger partial charge in [-0.15, -0.1) is 0 Å². The van der Waals surface area contributed by atoms with Gasteiger partial charge in [0, 0.05) is 22.5 Å². The molecule has 0 spiro atoms. The molecule has 1 nitrogen and oxygen atoms in total. The molecule has 0 radical (unpaired) electrons. The van der Waals surface area contributed by atoms with Gasteiger partial charge in [0.1, 0.15) is 0 Å². The number of benzene rings is 9. The van der Waals surface area contributed by atoms with Crippen molar-refractivity contribution >= 4 is 27.8 Å². The molecule has 2 aliphatic rings. The number of para-hydroxylation sites is 2. The van der Waals surface area contributed by atoms with Crippen LogP contribution < -0.4 is 4.90 Å². The largest absolute Gasteiger partial charge is 0.310 e. The van der Waals surface area contributed by atoms with E-state index < -0.39 is 0 Å². The van der Waals surface area contributed by atoms with E-state index in [2.05, 4.69) is 219 Å². The minimum atomic E-state index is -0.135. The monoisotopic (exact) mass is 741 g/mol. The molecule has 0 saturated carbocycles. The Morgan fingerprint density at radius 3 is 1.47 bits per heavy atom. The van der Waals surface area contributed by atoms with E-state index in [9.17, 15) is 0 Å². The number of hydrogen-bond acceptors (Lipinski definition) is 1. The van der Waals surface area contributed by atoms with Crippen LogP contribution in [0.3, 0.4) is 0 Å². The SMILES string of the molecule is CCC1(CC)c2cc(-c3cc(-c4ccccc4)c4c(c3-c3ccccc3)-c3cccc5cccc-4c35)ccc2-c2ccc(N(c3ccccc3)c3ccccc3)cc21. The van der Waals surface area contributed by atoms with Crippen molar-refractivity contribution in [2.75, 3.05) is 4.90 Å². The summed E-state index contributed by atoms with van der Waals surface area (Å²) in [4.78, 5) is 2.39. The first-order chi connectivity index (χ1) is 28.7. The second kappa shape index (κ2) is 13.6. The molecule has 0 unspecified atom stereocenters. The molecular weight excluding hydrogens is 699 g/mol. The molecule has 0 atom stereocenters. The van der Waals surface area contributed by atoms with E-state index >= 15 is 0 Å². The molecular formula is C57H43N. The Hall–Kier alpha value is -6.96. The van der Waals surface area contributed by atoms with Crippen molar-refractivity contribution in [2.24, 2.45) is 0 Å². The summed E-state index contributed by atoms with van der Waals surface area (Å²) in [6.07, 6.45) is 2.02. The third-order valence-corrected chi connectivity index (χ3v) is 13.1. The number of hydrogen-bond donors (Lipinski definition) is 0. The van der Waals surface area contributed by atoms with Crippen molar-refractivity contribution in [1.29, 1.82) is 0 Å². The molecule has 9 aromatic rings. The number of nitrogens with zero attached hydrogens (tertiary/aromatic N) is 1. The molecule has 0 aromatic heterocycles. The van der Waals surface area contributed by atoms with Crippen molar-refractivity contribution < 1.29 is 0 Å². The Morgan fingerprint density at radius 1 is 0.345 bits per heavy atom. The average molecular weight is 742 g/mol. The van der Waals surface area contributed by atoms with Gasteiger partial charge >= 0.3 is 0 Å². The first-order valence-electron chi connectivity index (χ1n) is 20.7.